The van der Waals surface area contributed by atoms with Crippen LogP contribution in [0.3, 0.4) is 0 Å². The fraction of sp³-hybridized carbons (Fsp3) is 0.269. The maximum absolute atomic E-state index is 13.5. The zero-order valence-electron chi connectivity index (χ0n) is 36.9. The third kappa shape index (κ3) is 10.0. The van der Waals surface area contributed by atoms with Gasteiger partial charge in [-0.05, 0) is 158 Å². The molecule has 2 aliphatic rings. The second-order valence-electron chi connectivity index (χ2n) is 17.5. The number of carbonyl (C=O) groups is 2. The van der Waals surface area contributed by atoms with Gasteiger partial charge in [-0.15, -0.1) is 0 Å². The van der Waals surface area contributed by atoms with Crippen molar-refractivity contribution in [1.29, 1.82) is 0 Å². The van der Waals surface area contributed by atoms with Crippen molar-refractivity contribution in [2.75, 3.05) is 0 Å². The first-order chi connectivity index (χ1) is 33.0. The number of rotatable bonds is 10. The Morgan fingerprint density at radius 1 is 0.544 bits per heavy atom. The smallest absolute Gasteiger partial charge is 0.263 e. The summed E-state index contributed by atoms with van der Waals surface area (Å²) in [5, 5.41) is 8.29. The minimum absolute atomic E-state index is 0.00803. The molecule has 4 N–H and O–H groups in total. The topological polar surface area (TPSA) is 160 Å². The number of aromatic amines is 2. The summed E-state index contributed by atoms with van der Waals surface area (Å²) in [7, 11) is 0. The Morgan fingerprint density at radius 2 is 0.956 bits per heavy atom. The van der Waals surface area contributed by atoms with Crippen LogP contribution in [-0.2, 0) is 13.1 Å². The van der Waals surface area contributed by atoms with Gasteiger partial charge in [0, 0.05) is 60.0 Å². The van der Waals surface area contributed by atoms with Gasteiger partial charge in [0.25, 0.3) is 22.9 Å². The number of hydrogen-bond acceptors (Lipinski definition) is 6. The Kier molecular flexibility index (Phi) is 13.4. The van der Waals surface area contributed by atoms with E-state index in [1.807, 2.05) is 24.5 Å². The Labute approximate surface area is 387 Å². The first kappa shape index (κ1) is 45.5. The molecule has 2 aromatic carbocycles. The van der Waals surface area contributed by atoms with Crippen molar-refractivity contribution in [1.82, 2.24) is 39.7 Å². The molecule has 2 amide bonds. The third-order valence-electron chi connectivity index (χ3n) is 13.2. The number of pyridine rings is 4. The van der Waals surface area contributed by atoms with Gasteiger partial charge in [-0.3, -0.25) is 19.2 Å². The number of nitrogens with one attached hydrogen (secondary N) is 4. The number of amides is 2. The average molecular weight is 925 g/mol. The molecule has 2 saturated carbocycles. The lowest BCUT2D eigenvalue weighted by atomic mass is 9.81. The minimum Gasteiger partial charge on any atom is -0.349 e. The molecule has 6 heterocycles. The van der Waals surface area contributed by atoms with E-state index in [-0.39, 0.29) is 36.3 Å². The van der Waals surface area contributed by atoms with Crippen LogP contribution in [0.4, 0.5) is 17.6 Å². The van der Waals surface area contributed by atoms with Gasteiger partial charge in [0.05, 0.1) is 13.1 Å². The van der Waals surface area contributed by atoms with Gasteiger partial charge in [-0.2, -0.15) is 0 Å². The highest BCUT2D eigenvalue weighted by molar-refractivity contribution is 5.94. The predicted molar refractivity (Wildman–Crippen MR) is 249 cm³/mol. The van der Waals surface area contributed by atoms with Gasteiger partial charge in [0.1, 0.15) is 22.4 Å². The van der Waals surface area contributed by atoms with Crippen LogP contribution < -0.4 is 21.8 Å². The second-order valence-corrected chi connectivity index (χ2v) is 17.5. The van der Waals surface area contributed by atoms with Crippen molar-refractivity contribution >= 4 is 33.9 Å². The maximum atomic E-state index is 13.5. The second kappa shape index (κ2) is 20.1. The number of H-pyrrole nitrogens is 2. The van der Waals surface area contributed by atoms with E-state index >= 15 is 0 Å². The van der Waals surface area contributed by atoms with E-state index in [2.05, 4.69) is 42.7 Å². The molecule has 0 aliphatic heterocycles. The van der Waals surface area contributed by atoms with Gasteiger partial charge >= 0.3 is 0 Å². The van der Waals surface area contributed by atoms with Crippen LogP contribution in [0, 0.1) is 23.3 Å². The molecule has 0 atom stereocenters. The van der Waals surface area contributed by atoms with E-state index in [1.54, 1.807) is 24.5 Å². The molecule has 0 saturated heterocycles. The van der Waals surface area contributed by atoms with Gasteiger partial charge in [0.2, 0.25) is 0 Å². The summed E-state index contributed by atoms with van der Waals surface area (Å²) in [6.07, 6.45) is 17.7. The lowest BCUT2D eigenvalue weighted by Gasteiger charge is -2.29. The molecule has 8 aromatic rings. The molecule has 6 aromatic heterocycles. The average Bonchev–Trinajstić information content (AvgIpc) is 3.99. The van der Waals surface area contributed by atoms with Crippen LogP contribution in [0.5, 0.6) is 0 Å². The molecular weight excluding hydrogens is 877 g/mol. The third-order valence-corrected chi connectivity index (χ3v) is 13.2. The van der Waals surface area contributed by atoms with E-state index in [0.717, 1.165) is 97.7 Å². The number of nitrogens with zero attached hydrogens (tertiary/aromatic N) is 4. The number of carbonyl (C=O) groups excluding carboxylic acids is 2. The van der Waals surface area contributed by atoms with E-state index in [4.69, 9.17) is 0 Å². The van der Waals surface area contributed by atoms with Gasteiger partial charge in [-0.25, -0.2) is 27.5 Å². The highest BCUT2D eigenvalue weighted by Gasteiger charge is 2.28. The van der Waals surface area contributed by atoms with Gasteiger partial charge in [0.15, 0.2) is 23.3 Å². The minimum atomic E-state index is -0.973. The highest BCUT2D eigenvalue weighted by Crippen LogP contribution is 2.37. The van der Waals surface area contributed by atoms with Crippen LogP contribution in [0.1, 0.15) is 106 Å². The molecule has 0 spiro atoms. The van der Waals surface area contributed by atoms with E-state index in [1.165, 1.54) is 56.9 Å². The SMILES string of the molecule is O=C(NC1CCC(c2c[nH]c3ncccc23)CC1)c1cccn(Cc2ccc(F)c(F)c2)c1=O.O=C(NC1CCC(c2c[nH]c3ncccc23)CC1)c1cccn(Cc2ccc(F)c(F)c2)c1=O. The molecule has 2 aliphatic carbocycles. The van der Waals surface area contributed by atoms with Crippen molar-refractivity contribution in [3.8, 4) is 0 Å². The Balaban J connectivity index is 0.000000170. The summed E-state index contributed by atoms with van der Waals surface area (Å²) in [5.41, 5.74) is 4.30. The summed E-state index contributed by atoms with van der Waals surface area (Å²) in [6, 6.07) is 21.2. The first-order valence-electron chi connectivity index (χ1n) is 22.7. The first-order valence-corrected chi connectivity index (χ1v) is 22.7. The molecule has 0 bridgehead atoms. The zero-order valence-corrected chi connectivity index (χ0v) is 36.9. The van der Waals surface area contributed by atoms with Crippen molar-refractivity contribution in [3.63, 3.8) is 0 Å². The Bertz CT molecular complexity index is 3020. The maximum Gasteiger partial charge on any atom is 0.263 e. The molecule has 0 radical (unpaired) electrons. The van der Waals surface area contributed by atoms with E-state index in [0.29, 0.717) is 23.0 Å². The molecule has 10 rings (SSSR count). The molecular formula is C52H48F4N8O4. The number of halogens is 4. The summed E-state index contributed by atoms with van der Waals surface area (Å²) < 4.78 is 56.0. The van der Waals surface area contributed by atoms with Crippen LogP contribution in [0.25, 0.3) is 22.1 Å². The zero-order chi connectivity index (χ0) is 47.3. The fourth-order valence-electron chi connectivity index (χ4n) is 9.59. The number of fused-ring (bicyclic) bond motifs is 2. The summed E-state index contributed by atoms with van der Waals surface area (Å²) in [6.45, 7) is 0.0868. The standard InChI is InChI=1S/2C26H24F2N4O2/c2*27-22-10-5-16(13-23(22)28)15-32-12-2-4-20(26(32)34)25(33)31-18-8-6-17(7-9-18)21-14-30-24-19(21)3-1-11-29-24/h2*1-5,10-14,17-18H,6-9,15H2,(H,29,30)(H,31,33). The Morgan fingerprint density at radius 3 is 1.35 bits per heavy atom. The fourth-order valence-corrected chi connectivity index (χ4v) is 9.59. The van der Waals surface area contributed by atoms with Gasteiger partial charge < -0.3 is 29.7 Å². The molecule has 348 valence electrons. The van der Waals surface area contributed by atoms with Crippen LogP contribution >= 0.6 is 0 Å². The summed E-state index contributed by atoms with van der Waals surface area (Å²) >= 11 is 0. The molecule has 0 unspecified atom stereocenters. The quantitative estimate of drug-likeness (QED) is 0.100. The van der Waals surface area contributed by atoms with Crippen molar-refractivity contribution in [3.05, 3.63) is 199 Å². The number of benzene rings is 2. The number of aromatic nitrogens is 6. The molecule has 2 fully saturated rings. The summed E-state index contributed by atoms with van der Waals surface area (Å²) in [5.74, 6) is -3.86. The van der Waals surface area contributed by atoms with Crippen molar-refractivity contribution in [2.24, 2.45) is 0 Å². The van der Waals surface area contributed by atoms with E-state index in [9.17, 15) is 36.7 Å². The van der Waals surface area contributed by atoms with Crippen LogP contribution in [-0.4, -0.2) is 53.0 Å². The highest BCUT2D eigenvalue weighted by atomic mass is 19.2. The molecule has 68 heavy (non-hydrogen) atoms. The van der Waals surface area contributed by atoms with Crippen LogP contribution in [0.2, 0.25) is 0 Å². The lowest BCUT2D eigenvalue weighted by molar-refractivity contribution is 0.0915. The van der Waals surface area contributed by atoms with Crippen molar-refractivity contribution < 1.29 is 27.2 Å². The number of hydrogen-bond donors (Lipinski definition) is 4. The molecule has 12 nitrogen and oxygen atoms in total. The predicted octanol–water partition coefficient (Wildman–Crippen LogP) is 9.01. The largest absolute Gasteiger partial charge is 0.349 e. The summed E-state index contributed by atoms with van der Waals surface area (Å²) in [4.78, 5) is 66.6. The Hall–Kier alpha value is -7.62. The normalized spacial score (nSPS) is 18.2. The van der Waals surface area contributed by atoms with Gasteiger partial charge in [-0.1, -0.05) is 12.1 Å². The monoisotopic (exact) mass is 924 g/mol. The molecule has 16 heteroatoms. The van der Waals surface area contributed by atoms with Crippen molar-refractivity contribution in [2.45, 2.75) is 88.4 Å². The lowest BCUT2D eigenvalue weighted by Crippen LogP contribution is -2.40. The van der Waals surface area contributed by atoms with Crippen LogP contribution in [0.15, 0.2) is 132 Å². The van der Waals surface area contributed by atoms with E-state index < -0.39 is 46.2 Å².